The molecular formula is C13H14N2O4. The number of nitriles is 2. The van der Waals surface area contributed by atoms with Gasteiger partial charge < -0.3 is 14.9 Å². The molecule has 0 saturated carbocycles. The van der Waals surface area contributed by atoms with E-state index in [1.54, 1.807) is 26.0 Å². The molecule has 0 saturated heterocycles. The summed E-state index contributed by atoms with van der Waals surface area (Å²) in [5, 5.41) is 36.4. The van der Waals surface area contributed by atoms with Gasteiger partial charge in [0, 0.05) is 6.42 Å². The highest BCUT2D eigenvalue weighted by Crippen LogP contribution is 2.10. The fourth-order valence-electron chi connectivity index (χ4n) is 1.03. The number of rotatable bonds is 5. The van der Waals surface area contributed by atoms with Crippen molar-refractivity contribution in [3.63, 3.8) is 0 Å². The lowest BCUT2D eigenvalue weighted by Crippen LogP contribution is -2.08. The second kappa shape index (κ2) is 8.37. The van der Waals surface area contributed by atoms with Crippen molar-refractivity contribution in [2.24, 2.45) is 0 Å². The Morgan fingerprint density at radius 1 is 1.16 bits per heavy atom. The SMILES string of the molecule is CCOC(=O)/C(O)=C(C#N)/C=C/C(C#N)=C(\O)CC. The van der Waals surface area contributed by atoms with E-state index < -0.39 is 11.7 Å². The van der Waals surface area contributed by atoms with Crippen molar-refractivity contribution in [1.82, 2.24) is 0 Å². The normalized spacial score (nSPS) is 13.1. The minimum atomic E-state index is -1.02. The molecule has 0 aromatic rings. The molecule has 0 spiro atoms. The van der Waals surface area contributed by atoms with Gasteiger partial charge in [0.15, 0.2) is 0 Å². The number of esters is 1. The largest absolute Gasteiger partial charge is 0.511 e. The third-order valence-corrected chi connectivity index (χ3v) is 2.03. The van der Waals surface area contributed by atoms with Crippen LogP contribution in [0.2, 0.25) is 0 Å². The van der Waals surface area contributed by atoms with E-state index in [2.05, 4.69) is 4.74 Å². The molecule has 0 heterocycles. The van der Waals surface area contributed by atoms with Gasteiger partial charge in [0.05, 0.1) is 12.2 Å². The van der Waals surface area contributed by atoms with E-state index in [0.717, 1.165) is 12.2 Å². The monoisotopic (exact) mass is 262 g/mol. The fourth-order valence-corrected chi connectivity index (χ4v) is 1.03. The van der Waals surface area contributed by atoms with Crippen molar-refractivity contribution in [3.05, 3.63) is 34.8 Å². The van der Waals surface area contributed by atoms with E-state index >= 15 is 0 Å². The molecule has 0 aliphatic rings. The zero-order valence-corrected chi connectivity index (χ0v) is 10.7. The molecule has 6 nitrogen and oxygen atoms in total. The maximum absolute atomic E-state index is 11.2. The molecule has 0 bridgehead atoms. The maximum Gasteiger partial charge on any atom is 0.374 e. The number of allylic oxidation sites excluding steroid dienone is 5. The third kappa shape index (κ3) is 4.97. The molecular weight excluding hydrogens is 248 g/mol. The Morgan fingerprint density at radius 3 is 2.11 bits per heavy atom. The Balaban J connectivity index is 5.35. The summed E-state index contributed by atoms with van der Waals surface area (Å²) in [4.78, 5) is 11.2. The van der Waals surface area contributed by atoms with Crippen LogP contribution in [0, 0.1) is 22.7 Å². The van der Waals surface area contributed by atoms with Crippen molar-refractivity contribution in [3.8, 4) is 12.1 Å². The quantitative estimate of drug-likeness (QED) is 0.258. The summed E-state index contributed by atoms with van der Waals surface area (Å²) < 4.78 is 4.53. The summed E-state index contributed by atoms with van der Waals surface area (Å²) in [5.74, 6) is -2.01. The van der Waals surface area contributed by atoms with Gasteiger partial charge in [-0.1, -0.05) is 6.92 Å². The third-order valence-electron chi connectivity index (χ3n) is 2.03. The van der Waals surface area contributed by atoms with E-state index in [0.29, 0.717) is 0 Å². The number of aliphatic hydroxyl groups excluding tert-OH is 2. The highest BCUT2D eigenvalue weighted by Gasteiger charge is 2.13. The maximum atomic E-state index is 11.2. The number of carbonyl (C=O) groups excluding carboxylic acids is 1. The van der Waals surface area contributed by atoms with E-state index in [1.807, 2.05) is 0 Å². The van der Waals surface area contributed by atoms with Crippen LogP contribution in [0.5, 0.6) is 0 Å². The van der Waals surface area contributed by atoms with Crippen molar-refractivity contribution in [2.75, 3.05) is 6.61 Å². The summed E-state index contributed by atoms with van der Waals surface area (Å²) in [7, 11) is 0. The van der Waals surface area contributed by atoms with Crippen LogP contribution in [0.4, 0.5) is 0 Å². The first-order valence-corrected chi connectivity index (χ1v) is 5.52. The van der Waals surface area contributed by atoms with Crippen LogP contribution in [-0.4, -0.2) is 22.8 Å². The van der Waals surface area contributed by atoms with Crippen LogP contribution >= 0.6 is 0 Å². The van der Waals surface area contributed by atoms with Gasteiger partial charge in [-0.3, -0.25) is 0 Å². The van der Waals surface area contributed by atoms with Gasteiger partial charge in [0.2, 0.25) is 5.76 Å². The summed E-state index contributed by atoms with van der Waals surface area (Å²) in [5.41, 5.74) is -0.401. The summed E-state index contributed by atoms with van der Waals surface area (Å²) in [6.07, 6.45) is 2.46. The molecule has 0 aromatic carbocycles. The Labute approximate surface area is 111 Å². The topological polar surface area (TPSA) is 114 Å². The molecule has 100 valence electrons. The van der Waals surface area contributed by atoms with E-state index in [-0.39, 0.29) is 29.9 Å². The lowest BCUT2D eigenvalue weighted by atomic mass is 10.1. The average Bonchev–Trinajstić information content (AvgIpc) is 2.42. The van der Waals surface area contributed by atoms with Crippen molar-refractivity contribution >= 4 is 5.97 Å². The van der Waals surface area contributed by atoms with Gasteiger partial charge in [-0.2, -0.15) is 10.5 Å². The smallest absolute Gasteiger partial charge is 0.374 e. The second-order valence-corrected chi connectivity index (χ2v) is 3.25. The number of hydrogen-bond acceptors (Lipinski definition) is 6. The minimum Gasteiger partial charge on any atom is -0.511 e. The Bertz CT molecular complexity index is 516. The molecule has 19 heavy (non-hydrogen) atoms. The number of hydrogen-bond donors (Lipinski definition) is 2. The fraction of sp³-hybridized carbons (Fsp3) is 0.308. The minimum absolute atomic E-state index is 0.0492. The van der Waals surface area contributed by atoms with Crippen LogP contribution in [-0.2, 0) is 9.53 Å². The van der Waals surface area contributed by atoms with Crippen molar-refractivity contribution in [1.29, 1.82) is 10.5 Å². The lowest BCUT2D eigenvalue weighted by Gasteiger charge is -2.01. The molecule has 0 radical (unpaired) electrons. The first-order chi connectivity index (χ1) is 9.01. The predicted octanol–water partition coefficient (Wildman–Crippen LogP) is 2.19. The molecule has 0 aliphatic carbocycles. The Hall–Kier alpha value is -2.73. The second-order valence-electron chi connectivity index (χ2n) is 3.25. The molecule has 0 aromatic heterocycles. The molecule has 2 N–H and O–H groups in total. The van der Waals surface area contributed by atoms with Gasteiger partial charge in [0.25, 0.3) is 0 Å². The van der Waals surface area contributed by atoms with E-state index in [9.17, 15) is 15.0 Å². The predicted molar refractivity (Wildman–Crippen MR) is 66.6 cm³/mol. The van der Waals surface area contributed by atoms with Crippen LogP contribution in [0.3, 0.4) is 0 Å². The van der Waals surface area contributed by atoms with Gasteiger partial charge >= 0.3 is 5.97 Å². The summed E-state index contributed by atoms with van der Waals surface area (Å²) in [6.45, 7) is 3.27. The number of aliphatic hydroxyl groups is 2. The number of nitrogens with zero attached hydrogens (tertiary/aromatic N) is 2. The highest BCUT2D eigenvalue weighted by molar-refractivity contribution is 5.88. The number of carbonyl (C=O) groups is 1. The molecule has 0 fully saturated rings. The van der Waals surface area contributed by atoms with Gasteiger partial charge in [-0.05, 0) is 19.1 Å². The van der Waals surface area contributed by atoms with Gasteiger partial charge in [-0.25, -0.2) is 4.79 Å². The van der Waals surface area contributed by atoms with Crippen molar-refractivity contribution in [2.45, 2.75) is 20.3 Å². The first kappa shape index (κ1) is 16.3. The molecule has 6 heteroatoms. The van der Waals surface area contributed by atoms with Crippen molar-refractivity contribution < 1.29 is 19.7 Å². The molecule has 0 rings (SSSR count). The Morgan fingerprint density at radius 2 is 1.68 bits per heavy atom. The average molecular weight is 262 g/mol. The van der Waals surface area contributed by atoms with E-state index in [4.69, 9.17) is 10.5 Å². The first-order valence-electron chi connectivity index (χ1n) is 5.52. The van der Waals surface area contributed by atoms with Crippen LogP contribution < -0.4 is 0 Å². The molecule has 0 atom stereocenters. The zero-order valence-electron chi connectivity index (χ0n) is 10.7. The summed E-state index contributed by atoms with van der Waals surface area (Å²) >= 11 is 0. The summed E-state index contributed by atoms with van der Waals surface area (Å²) in [6, 6.07) is 3.34. The standard InChI is InChI=1S/C13H14N2O4/c1-3-11(16)9(7-14)5-6-10(8-15)12(17)13(18)19-4-2/h5-6,16-17H,3-4H2,1-2H3/b6-5+,11-9+,12-10+. The van der Waals surface area contributed by atoms with E-state index in [1.165, 1.54) is 0 Å². The molecule has 0 unspecified atom stereocenters. The molecule has 0 aliphatic heterocycles. The highest BCUT2D eigenvalue weighted by atomic mass is 16.5. The van der Waals surface area contributed by atoms with Gasteiger partial charge in [0.1, 0.15) is 23.5 Å². The van der Waals surface area contributed by atoms with Gasteiger partial charge in [-0.15, -0.1) is 0 Å². The van der Waals surface area contributed by atoms with Crippen LogP contribution in [0.1, 0.15) is 20.3 Å². The molecule has 0 amide bonds. The lowest BCUT2D eigenvalue weighted by molar-refractivity contribution is -0.141. The zero-order chi connectivity index (χ0) is 14.8. The Kier molecular flexibility index (Phi) is 7.17. The number of ether oxygens (including phenoxy) is 1. The van der Waals surface area contributed by atoms with Crippen LogP contribution in [0.15, 0.2) is 34.8 Å². The van der Waals surface area contributed by atoms with Crippen LogP contribution in [0.25, 0.3) is 0 Å².